The van der Waals surface area contributed by atoms with E-state index in [1.807, 2.05) is 13.8 Å². The van der Waals surface area contributed by atoms with Gasteiger partial charge in [0.25, 0.3) is 5.91 Å². The molecule has 4 rings (SSSR count). The Kier molecular flexibility index (Phi) is 6.16. The molecule has 7 nitrogen and oxygen atoms in total. The first-order chi connectivity index (χ1) is 15.1. The Balaban J connectivity index is 1.56. The van der Waals surface area contributed by atoms with Gasteiger partial charge in [0.15, 0.2) is 11.5 Å². The number of halogens is 1. The molecule has 31 heavy (non-hydrogen) atoms. The van der Waals surface area contributed by atoms with Gasteiger partial charge in [0.05, 0.1) is 13.2 Å². The Morgan fingerprint density at radius 3 is 2.61 bits per heavy atom. The van der Waals surface area contributed by atoms with Crippen LogP contribution in [-0.4, -0.2) is 40.7 Å². The van der Waals surface area contributed by atoms with Crippen LogP contribution >= 0.6 is 0 Å². The van der Waals surface area contributed by atoms with Crippen molar-refractivity contribution < 1.29 is 23.2 Å². The molecule has 1 aromatic heterocycles. The van der Waals surface area contributed by atoms with Crippen LogP contribution < -0.4 is 9.47 Å². The standard InChI is InChI=1S/C23H24FN3O4/c1-3-29-19-12-9-16(14-20(19)30-4-2)23(28)27-13-5-6-18(27)22-25-21(26-31-22)15-7-10-17(24)11-8-15/h7-12,14,18H,3-6,13H2,1-2H3. The fraction of sp³-hybridized carbons (Fsp3) is 0.348. The van der Waals surface area contributed by atoms with E-state index in [9.17, 15) is 9.18 Å². The molecule has 0 saturated carbocycles. The molecule has 0 spiro atoms. The summed E-state index contributed by atoms with van der Waals surface area (Å²) >= 11 is 0. The maximum absolute atomic E-state index is 13.3. The van der Waals surface area contributed by atoms with Crippen LogP contribution in [0.15, 0.2) is 47.0 Å². The number of nitrogens with zero attached hydrogens (tertiary/aromatic N) is 3. The fourth-order valence-corrected chi connectivity index (χ4v) is 3.70. The van der Waals surface area contributed by atoms with Crippen molar-refractivity contribution in [3.05, 3.63) is 59.7 Å². The number of aromatic nitrogens is 2. The SMILES string of the molecule is CCOc1ccc(C(=O)N2CCCC2c2nc(-c3ccc(F)cc3)no2)cc1OCC. The molecule has 0 N–H and O–H groups in total. The van der Waals surface area contributed by atoms with Crippen LogP contribution in [0.1, 0.15) is 49.0 Å². The summed E-state index contributed by atoms with van der Waals surface area (Å²) in [5, 5.41) is 4.01. The lowest BCUT2D eigenvalue weighted by Gasteiger charge is -2.22. The van der Waals surface area contributed by atoms with E-state index in [2.05, 4.69) is 10.1 Å². The molecule has 0 aliphatic carbocycles. The molecule has 1 unspecified atom stereocenters. The molecule has 1 fully saturated rings. The van der Waals surface area contributed by atoms with Gasteiger partial charge in [0, 0.05) is 17.7 Å². The lowest BCUT2D eigenvalue weighted by Crippen LogP contribution is -2.30. The van der Waals surface area contributed by atoms with Crippen LogP contribution in [-0.2, 0) is 0 Å². The fourth-order valence-electron chi connectivity index (χ4n) is 3.70. The number of hydrogen-bond acceptors (Lipinski definition) is 6. The lowest BCUT2D eigenvalue weighted by atomic mass is 10.1. The van der Waals surface area contributed by atoms with Gasteiger partial charge < -0.3 is 18.9 Å². The molecule has 2 heterocycles. The summed E-state index contributed by atoms with van der Waals surface area (Å²) in [5.41, 5.74) is 1.16. The number of likely N-dealkylation sites (tertiary alicyclic amines) is 1. The topological polar surface area (TPSA) is 77.7 Å². The van der Waals surface area contributed by atoms with Gasteiger partial charge in [-0.2, -0.15) is 4.98 Å². The van der Waals surface area contributed by atoms with E-state index < -0.39 is 0 Å². The van der Waals surface area contributed by atoms with Crippen molar-refractivity contribution in [1.82, 2.24) is 15.0 Å². The Labute approximate surface area is 179 Å². The average Bonchev–Trinajstić information content (AvgIpc) is 3.45. The van der Waals surface area contributed by atoms with Crippen molar-refractivity contribution in [2.75, 3.05) is 19.8 Å². The van der Waals surface area contributed by atoms with Gasteiger partial charge in [-0.3, -0.25) is 4.79 Å². The molecule has 1 atom stereocenters. The Bertz CT molecular complexity index is 1050. The zero-order chi connectivity index (χ0) is 21.8. The van der Waals surface area contributed by atoms with E-state index in [-0.39, 0.29) is 17.8 Å². The number of carbonyl (C=O) groups excluding carboxylic acids is 1. The summed E-state index contributed by atoms with van der Waals surface area (Å²) in [4.78, 5) is 19.5. The van der Waals surface area contributed by atoms with Crippen molar-refractivity contribution in [2.45, 2.75) is 32.7 Å². The molecule has 0 radical (unpaired) electrons. The predicted octanol–water partition coefficient (Wildman–Crippen LogP) is 4.65. The molecule has 1 amide bonds. The van der Waals surface area contributed by atoms with E-state index >= 15 is 0 Å². The smallest absolute Gasteiger partial charge is 0.254 e. The highest BCUT2D eigenvalue weighted by atomic mass is 19.1. The van der Waals surface area contributed by atoms with Crippen LogP contribution in [0.4, 0.5) is 4.39 Å². The zero-order valence-corrected chi connectivity index (χ0v) is 17.5. The van der Waals surface area contributed by atoms with E-state index in [1.165, 1.54) is 12.1 Å². The second-order valence-corrected chi connectivity index (χ2v) is 7.15. The lowest BCUT2D eigenvalue weighted by molar-refractivity contribution is 0.0709. The number of hydrogen-bond donors (Lipinski definition) is 0. The average molecular weight is 425 g/mol. The minimum Gasteiger partial charge on any atom is -0.490 e. The van der Waals surface area contributed by atoms with Gasteiger partial charge in [0.1, 0.15) is 11.9 Å². The van der Waals surface area contributed by atoms with Gasteiger partial charge in [-0.05, 0) is 69.2 Å². The molecule has 2 aromatic carbocycles. The third kappa shape index (κ3) is 4.38. The van der Waals surface area contributed by atoms with Crippen molar-refractivity contribution >= 4 is 5.91 Å². The van der Waals surface area contributed by atoms with Gasteiger partial charge in [0.2, 0.25) is 11.7 Å². The molecule has 0 bridgehead atoms. The molecular formula is C23H24FN3O4. The first-order valence-corrected chi connectivity index (χ1v) is 10.4. The molecule has 1 aliphatic rings. The summed E-state index contributed by atoms with van der Waals surface area (Å²) in [7, 11) is 0. The second kappa shape index (κ2) is 9.16. The zero-order valence-electron chi connectivity index (χ0n) is 17.5. The number of benzene rings is 2. The van der Waals surface area contributed by atoms with Crippen LogP contribution in [0.3, 0.4) is 0 Å². The second-order valence-electron chi connectivity index (χ2n) is 7.15. The van der Waals surface area contributed by atoms with Gasteiger partial charge >= 0.3 is 0 Å². The first kappa shape index (κ1) is 20.8. The largest absolute Gasteiger partial charge is 0.490 e. The highest BCUT2D eigenvalue weighted by Gasteiger charge is 2.35. The third-order valence-corrected chi connectivity index (χ3v) is 5.13. The summed E-state index contributed by atoms with van der Waals surface area (Å²) in [6.45, 7) is 5.35. The normalized spacial score (nSPS) is 15.8. The molecule has 162 valence electrons. The van der Waals surface area contributed by atoms with Gasteiger partial charge in [-0.1, -0.05) is 5.16 Å². The van der Waals surface area contributed by atoms with Crippen molar-refractivity contribution in [1.29, 1.82) is 0 Å². The van der Waals surface area contributed by atoms with Crippen LogP contribution in [0.25, 0.3) is 11.4 Å². The molecule has 1 saturated heterocycles. The highest BCUT2D eigenvalue weighted by molar-refractivity contribution is 5.95. The molecule has 3 aromatic rings. The quantitative estimate of drug-likeness (QED) is 0.548. The monoisotopic (exact) mass is 425 g/mol. The summed E-state index contributed by atoms with van der Waals surface area (Å²) in [5.74, 6) is 1.44. The van der Waals surface area contributed by atoms with Crippen LogP contribution in [0.2, 0.25) is 0 Å². The first-order valence-electron chi connectivity index (χ1n) is 10.4. The van der Waals surface area contributed by atoms with Crippen molar-refractivity contribution in [2.24, 2.45) is 0 Å². The van der Waals surface area contributed by atoms with Crippen LogP contribution in [0.5, 0.6) is 11.5 Å². The number of ether oxygens (including phenoxy) is 2. The third-order valence-electron chi connectivity index (χ3n) is 5.13. The van der Waals surface area contributed by atoms with Crippen molar-refractivity contribution in [3.8, 4) is 22.9 Å². The summed E-state index contributed by atoms with van der Waals surface area (Å²) < 4.78 is 29.9. The van der Waals surface area contributed by atoms with Crippen molar-refractivity contribution in [3.63, 3.8) is 0 Å². The van der Waals surface area contributed by atoms with Crippen LogP contribution in [0, 0.1) is 5.82 Å². The molecular weight excluding hydrogens is 401 g/mol. The maximum atomic E-state index is 13.3. The summed E-state index contributed by atoms with van der Waals surface area (Å²) in [6, 6.07) is 10.8. The molecule has 1 aliphatic heterocycles. The highest BCUT2D eigenvalue weighted by Crippen LogP contribution is 2.35. The predicted molar refractivity (Wildman–Crippen MR) is 111 cm³/mol. The Morgan fingerprint density at radius 1 is 1.13 bits per heavy atom. The van der Waals surface area contributed by atoms with Gasteiger partial charge in [-0.15, -0.1) is 0 Å². The Morgan fingerprint density at radius 2 is 1.87 bits per heavy atom. The van der Waals surface area contributed by atoms with E-state index in [0.29, 0.717) is 54.1 Å². The van der Waals surface area contributed by atoms with E-state index in [1.54, 1.807) is 35.2 Å². The minimum atomic E-state index is -0.332. The summed E-state index contributed by atoms with van der Waals surface area (Å²) in [6.07, 6.45) is 1.56. The number of amides is 1. The van der Waals surface area contributed by atoms with Gasteiger partial charge in [-0.25, -0.2) is 4.39 Å². The Hall–Kier alpha value is -3.42. The van der Waals surface area contributed by atoms with E-state index in [4.69, 9.17) is 14.0 Å². The number of carbonyl (C=O) groups is 1. The molecule has 8 heteroatoms. The minimum absolute atomic E-state index is 0.131. The van der Waals surface area contributed by atoms with E-state index in [0.717, 1.165) is 12.8 Å². The number of rotatable bonds is 7. The maximum Gasteiger partial charge on any atom is 0.254 e.